The summed E-state index contributed by atoms with van der Waals surface area (Å²) in [7, 11) is 0. The molecule has 1 fully saturated rings. The Balaban J connectivity index is 1.88. The molecule has 114 valence electrons. The van der Waals surface area contributed by atoms with Crippen LogP contribution in [0.2, 0.25) is 0 Å². The van der Waals surface area contributed by atoms with Gasteiger partial charge in [-0.25, -0.2) is 0 Å². The third-order valence-corrected chi connectivity index (χ3v) is 4.97. The SMILES string of the molecule is CCC1(C(=O)c2ccc3c(c2)OCC(C)CO3)CCCC1. The van der Waals surface area contributed by atoms with E-state index in [1.165, 1.54) is 12.8 Å². The standard InChI is InChI=1S/C18H24O3/c1-3-18(8-4-5-9-18)17(19)14-6-7-15-16(10-14)21-12-13(2)11-20-15/h6-7,10,13H,3-5,8-9,11-12H2,1-2H3. The first-order chi connectivity index (χ1) is 10.1. The van der Waals surface area contributed by atoms with Gasteiger partial charge in [-0.2, -0.15) is 0 Å². The maximum Gasteiger partial charge on any atom is 0.169 e. The maximum absolute atomic E-state index is 12.9. The molecule has 0 bridgehead atoms. The molecule has 2 aliphatic rings. The van der Waals surface area contributed by atoms with Gasteiger partial charge in [-0.3, -0.25) is 4.79 Å². The monoisotopic (exact) mass is 288 g/mol. The van der Waals surface area contributed by atoms with Gasteiger partial charge in [-0.15, -0.1) is 0 Å². The van der Waals surface area contributed by atoms with Gasteiger partial charge in [-0.05, 0) is 37.5 Å². The van der Waals surface area contributed by atoms with Crippen molar-refractivity contribution in [3.8, 4) is 11.5 Å². The van der Waals surface area contributed by atoms with E-state index in [4.69, 9.17) is 9.47 Å². The highest BCUT2D eigenvalue weighted by molar-refractivity contribution is 6.01. The smallest absolute Gasteiger partial charge is 0.169 e. The minimum absolute atomic E-state index is 0.146. The first-order valence-electron chi connectivity index (χ1n) is 8.09. The largest absolute Gasteiger partial charge is 0.489 e. The van der Waals surface area contributed by atoms with Crippen LogP contribution in [0, 0.1) is 11.3 Å². The third kappa shape index (κ3) is 2.66. The molecule has 0 spiro atoms. The van der Waals surface area contributed by atoms with Crippen LogP contribution in [0.25, 0.3) is 0 Å². The fourth-order valence-electron chi connectivity index (χ4n) is 3.49. The van der Waals surface area contributed by atoms with Crippen LogP contribution < -0.4 is 9.47 Å². The number of hydrogen-bond donors (Lipinski definition) is 0. The van der Waals surface area contributed by atoms with E-state index in [1.54, 1.807) is 0 Å². The lowest BCUT2D eigenvalue weighted by atomic mass is 9.76. The number of carbonyl (C=O) groups excluding carboxylic acids is 1. The maximum atomic E-state index is 12.9. The molecule has 0 amide bonds. The molecule has 1 saturated carbocycles. The molecule has 0 radical (unpaired) electrons. The van der Waals surface area contributed by atoms with Crippen LogP contribution in [0.3, 0.4) is 0 Å². The van der Waals surface area contributed by atoms with Crippen LogP contribution in [-0.2, 0) is 0 Å². The summed E-state index contributed by atoms with van der Waals surface area (Å²) in [5.41, 5.74) is 0.628. The van der Waals surface area contributed by atoms with E-state index in [-0.39, 0.29) is 11.2 Å². The summed E-state index contributed by atoms with van der Waals surface area (Å²) < 4.78 is 11.5. The number of fused-ring (bicyclic) bond motifs is 1. The molecular formula is C18H24O3. The highest BCUT2D eigenvalue weighted by Gasteiger charge is 2.39. The van der Waals surface area contributed by atoms with Gasteiger partial charge in [0, 0.05) is 16.9 Å². The summed E-state index contributed by atoms with van der Waals surface area (Å²) in [6.45, 7) is 5.54. The Hall–Kier alpha value is -1.51. The molecule has 1 unspecified atom stereocenters. The minimum Gasteiger partial charge on any atom is -0.489 e. The summed E-state index contributed by atoms with van der Waals surface area (Å²) in [6.07, 6.45) is 5.31. The lowest BCUT2D eigenvalue weighted by molar-refractivity contribution is 0.0791. The molecule has 3 nitrogen and oxygen atoms in total. The van der Waals surface area contributed by atoms with Crippen molar-refractivity contribution in [2.75, 3.05) is 13.2 Å². The van der Waals surface area contributed by atoms with Crippen molar-refractivity contribution in [2.24, 2.45) is 11.3 Å². The minimum atomic E-state index is -0.146. The van der Waals surface area contributed by atoms with E-state index in [2.05, 4.69) is 13.8 Å². The molecule has 1 aliphatic heterocycles. The van der Waals surface area contributed by atoms with Crippen molar-refractivity contribution in [3.05, 3.63) is 23.8 Å². The van der Waals surface area contributed by atoms with Gasteiger partial charge in [0.15, 0.2) is 17.3 Å². The van der Waals surface area contributed by atoms with Gasteiger partial charge in [-0.1, -0.05) is 26.7 Å². The van der Waals surface area contributed by atoms with E-state index in [0.29, 0.717) is 19.1 Å². The van der Waals surface area contributed by atoms with Gasteiger partial charge in [0.05, 0.1) is 13.2 Å². The lowest BCUT2D eigenvalue weighted by Gasteiger charge is -2.26. The Morgan fingerprint density at radius 1 is 1.19 bits per heavy atom. The van der Waals surface area contributed by atoms with Crippen LogP contribution in [0.4, 0.5) is 0 Å². The fraction of sp³-hybridized carbons (Fsp3) is 0.611. The lowest BCUT2D eigenvalue weighted by Crippen LogP contribution is -2.27. The molecule has 1 aromatic carbocycles. The summed E-state index contributed by atoms with van der Waals surface area (Å²) in [5, 5.41) is 0. The number of carbonyl (C=O) groups is 1. The summed E-state index contributed by atoms with van der Waals surface area (Å²) in [6, 6.07) is 5.67. The van der Waals surface area contributed by atoms with Crippen molar-refractivity contribution in [1.29, 1.82) is 0 Å². The highest BCUT2D eigenvalue weighted by Crippen LogP contribution is 2.44. The zero-order valence-electron chi connectivity index (χ0n) is 13.0. The van der Waals surface area contributed by atoms with Crippen molar-refractivity contribution in [2.45, 2.75) is 46.0 Å². The summed E-state index contributed by atoms with van der Waals surface area (Å²) in [4.78, 5) is 12.9. The van der Waals surface area contributed by atoms with Gasteiger partial charge in [0.25, 0.3) is 0 Å². The molecule has 3 heteroatoms. The second-order valence-electron chi connectivity index (χ2n) is 6.56. The topological polar surface area (TPSA) is 35.5 Å². The average Bonchev–Trinajstić information content (AvgIpc) is 2.93. The van der Waals surface area contributed by atoms with Crippen LogP contribution in [0.1, 0.15) is 56.3 Å². The molecule has 1 heterocycles. The average molecular weight is 288 g/mol. The number of ether oxygens (including phenoxy) is 2. The second kappa shape index (κ2) is 5.70. The van der Waals surface area contributed by atoms with E-state index in [9.17, 15) is 4.79 Å². The van der Waals surface area contributed by atoms with Gasteiger partial charge in [0.2, 0.25) is 0 Å². The Kier molecular flexibility index (Phi) is 3.92. The molecule has 1 atom stereocenters. The Morgan fingerprint density at radius 2 is 1.86 bits per heavy atom. The van der Waals surface area contributed by atoms with Crippen LogP contribution in [0.5, 0.6) is 11.5 Å². The van der Waals surface area contributed by atoms with Crippen molar-refractivity contribution in [3.63, 3.8) is 0 Å². The summed E-state index contributed by atoms with van der Waals surface area (Å²) >= 11 is 0. The molecule has 21 heavy (non-hydrogen) atoms. The Morgan fingerprint density at radius 3 is 2.52 bits per heavy atom. The second-order valence-corrected chi connectivity index (χ2v) is 6.56. The van der Waals surface area contributed by atoms with Crippen molar-refractivity contribution in [1.82, 2.24) is 0 Å². The number of benzene rings is 1. The van der Waals surface area contributed by atoms with E-state index in [1.807, 2.05) is 18.2 Å². The zero-order chi connectivity index (χ0) is 14.9. The predicted molar refractivity (Wildman–Crippen MR) is 82.1 cm³/mol. The number of rotatable bonds is 3. The zero-order valence-corrected chi connectivity index (χ0v) is 13.0. The fourth-order valence-corrected chi connectivity index (χ4v) is 3.49. The molecular weight excluding hydrogens is 264 g/mol. The van der Waals surface area contributed by atoms with Crippen LogP contribution in [0.15, 0.2) is 18.2 Å². The Bertz CT molecular complexity index is 529. The quantitative estimate of drug-likeness (QED) is 0.780. The third-order valence-electron chi connectivity index (χ3n) is 4.97. The van der Waals surface area contributed by atoms with E-state index >= 15 is 0 Å². The first-order valence-corrected chi connectivity index (χ1v) is 8.09. The normalized spacial score (nSPS) is 23.6. The van der Waals surface area contributed by atoms with E-state index in [0.717, 1.165) is 36.3 Å². The molecule has 0 saturated heterocycles. The predicted octanol–water partition coefficient (Wildman–Crippen LogP) is 4.25. The van der Waals surface area contributed by atoms with Crippen LogP contribution in [-0.4, -0.2) is 19.0 Å². The first kappa shape index (κ1) is 14.4. The molecule has 1 aliphatic carbocycles. The Labute approximate surface area is 126 Å². The van der Waals surface area contributed by atoms with Gasteiger partial charge < -0.3 is 9.47 Å². The molecule has 1 aromatic rings. The molecule has 3 rings (SSSR count). The van der Waals surface area contributed by atoms with Crippen molar-refractivity contribution < 1.29 is 14.3 Å². The van der Waals surface area contributed by atoms with Crippen molar-refractivity contribution >= 4 is 5.78 Å². The number of Topliss-reactive ketones (excluding diaryl/α,β-unsaturated/α-hetero) is 1. The van der Waals surface area contributed by atoms with Gasteiger partial charge in [0.1, 0.15) is 0 Å². The molecule has 0 N–H and O–H groups in total. The number of hydrogen-bond acceptors (Lipinski definition) is 3. The molecule has 0 aromatic heterocycles. The summed E-state index contributed by atoms with van der Waals surface area (Å²) in [5.74, 6) is 2.13. The van der Waals surface area contributed by atoms with Crippen LogP contribution >= 0.6 is 0 Å². The van der Waals surface area contributed by atoms with E-state index < -0.39 is 0 Å². The number of ketones is 1. The van der Waals surface area contributed by atoms with Gasteiger partial charge >= 0.3 is 0 Å². The highest BCUT2D eigenvalue weighted by atomic mass is 16.5.